The second-order valence-corrected chi connectivity index (χ2v) is 8.26. The quantitative estimate of drug-likeness (QED) is 0.788. The Hall–Kier alpha value is -0.820. The minimum Gasteiger partial charge on any atom is -0.307 e. The van der Waals surface area contributed by atoms with Crippen molar-refractivity contribution < 1.29 is 0 Å². The van der Waals surface area contributed by atoms with E-state index in [1.54, 1.807) is 0 Å². The van der Waals surface area contributed by atoms with Crippen molar-refractivity contribution in [2.24, 2.45) is 17.3 Å². The van der Waals surface area contributed by atoms with Gasteiger partial charge in [-0.1, -0.05) is 63.9 Å². The summed E-state index contributed by atoms with van der Waals surface area (Å²) < 4.78 is 0. The van der Waals surface area contributed by atoms with E-state index >= 15 is 0 Å². The maximum absolute atomic E-state index is 4.09. The summed E-state index contributed by atoms with van der Waals surface area (Å²) in [5.74, 6) is 1.69. The molecule has 21 heavy (non-hydrogen) atoms. The SMILES string of the molecule is CC(C)(C)C1CCCCC1NC(c1ccccc1)C1CC1. The second-order valence-electron chi connectivity index (χ2n) is 8.26. The monoisotopic (exact) mass is 285 g/mol. The average molecular weight is 285 g/mol. The number of hydrogen-bond acceptors (Lipinski definition) is 1. The van der Waals surface area contributed by atoms with E-state index in [0.717, 1.165) is 11.8 Å². The van der Waals surface area contributed by atoms with Gasteiger partial charge in [0.25, 0.3) is 0 Å². The zero-order valence-electron chi connectivity index (χ0n) is 13.9. The van der Waals surface area contributed by atoms with Gasteiger partial charge in [-0.25, -0.2) is 0 Å². The molecule has 0 bridgehead atoms. The minimum atomic E-state index is 0.420. The van der Waals surface area contributed by atoms with Gasteiger partial charge in [0.05, 0.1) is 0 Å². The lowest BCUT2D eigenvalue weighted by molar-refractivity contribution is 0.120. The molecule has 2 saturated carbocycles. The summed E-state index contributed by atoms with van der Waals surface area (Å²) in [4.78, 5) is 0. The zero-order valence-corrected chi connectivity index (χ0v) is 13.9. The van der Waals surface area contributed by atoms with Gasteiger partial charge in [-0.15, -0.1) is 0 Å². The first-order chi connectivity index (χ1) is 10.1. The Kier molecular flexibility index (Phi) is 4.40. The molecule has 3 unspecified atom stereocenters. The van der Waals surface area contributed by atoms with Crippen LogP contribution >= 0.6 is 0 Å². The van der Waals surface area contributed by atoms with E-state index in [2.05, 4.69) is 56.4 Å². The Balaban J connectivity index is 1.75. The van der Waals surface area contributed by atoms with Gasteiger partial charge in [0.15, 0.2) is 0 Å². The zero-order chi connectivity index (χ0) is 14.9. The number of hydrogen-bond donors (Lipinski definition) is 1. The Morgan fingerprint density at radius 2 is 1.62 bits per heavy atom. The van der Waals surface area contributed by atoms with E-state index < -0.39 is 0 Å². The molecule has 0 radical (unpaired) electrons. The Morgan fingerprint density at radius 3 is 2.24 bits per heavy atom. The maximum Gasteiger partial charge on any atom is 0.0351 e. The lowest BCUT2D eigenvalue weighted by Crippen LogP contribution is -2.46. The van der Waals surface area contributed by atoms with Crippen LogP contribution in [-0.2, 0) is 0 Å². The molecule has 2 aliphatic carbocycles. The van der Waals surface area contributed by atoms with E-state index in [4.69, 9.17) is 0 Å². The largest absolute Gasteiger partial charge is 0.307 e. The van der Waals surface area contributed by atoms with E-state index in [9.17, 15) is 0 Å². The first-order valence-corrected chi connectivity index (χ1v) is 8.87. The molecular formula is C20H31N. The molecule has 1 aromatic carbocycles. The number of rotatable bonds is 4. The molecule has 0 heterocycles. The van der Waals surface area contributed by atoms with E-state index in [0.29, 0.717) is 17.5 Å². The smallest absolute Gasteiger partial charge is 0.0351 e. The molecule has 0 aromatic heterocycles. The van der Waals surface area contributed by atoms with Crippen molar-refractivity contribution in [3.63, 3.8) is 0 Å². The van der Waals surface area contributed by atoms with Gasteiger partial charge in [0.2, 0.25) is 0 Å². The Labute approximate surface area is 130 Å². The first-order valence-electron chi connectivity index (χ1n) is 8.87. The molecule has 1 heteroatoms. The minimum absolute atomic E-state index is 0.420. The summed E-state index contributed by atoms with van der Waals surface area (Å²) >= 11 is 0. The highest BCUT2D eigenvalue weighted by molar-refractivity contribution is 5.21. The van der Waals surface area contributed by atoms with Crippen molar-refractivity contribution in [1.82, 2.24) is 5.32 Å². The fourth-order valence-electron chi connectivity index (χ4n) is 4.19. The van der Waals surface area contributed by atoms with Crippen molar-refractivity contribution in [3.05, 3.63) is 35.9 Å². The van der Waals surface area contributed by atoms with Crippen LogP contribution in [0.15, 0.2) is 30.3 Å². The highest BCUT2D eigenvalue weighted by Gasteiger charge is 2.39. The van der Waals surface area contributed by atoms with Crippen LogP contribution in [0.3, 0.4) is 0 Å². The molecule has 116 valence electrons. The van der Waals surface area contributed by atoms with Crippen molar-refractivity contribution in [2.45, 2.75) is 71.4 Å². The lowest BCUT2D eigenvalue weighted by Gasteiger charge is -2.42. The van der Waals surface area contributed by atoms with E-state index in [1.807, 2.05) is 0 Å². The molecule has 0 aliphatic heterocycles. The predicted octanol–water partition coefficient (Wildman–Crippen LogP) is 5.33. The third-order valence-electron chi connectivity index (χ3n) is 5.52. The number of benzene rings is 1. The van der Waals surface area contributed by atoms with Crippen LogP contribution < -0.4 is 5.32 Å². The van der Waals surface area contributed by atoms with Crippen molar-refractivity contribution in [2.75, 3.05) is 0 Å². The molecule has 1 aromatic rings. The Bertz CT molecular complexity index is 441. The molecule has 3 rings (SSSR count). The van der Waals surface area contributed by atoms with Gasteiger partial charge in [0.1, 0.15) is 0 Å². The third kappa shape index (κ3) is 3.69. The molecule has 1 nitrogen and oxygen atoms in total. The van der Waals surface area contributed by atoms with Crippen LogP contribution in [0, 0.1) is 17.3 Å². The molecule has 2 aliphatic rings. The van der Waals surface area contributed by atoms with Crippen molar-refractivity contribution in [1.29, 1.82) is 0 Å². The predicted molar refractivity (Wildman–Crippen MR) is 90.2 cm³/mol. The molecule has 2 fully saturated rings. The van der Waals surface area contributed by atoms with Crippen LogP contribution in [0.1, 0.15) is 70.9 Å². The Morgan fingerprint density at radius 1 is 0.952 bits per heavy atom. The molecule has 3 atom stereocenters. The van der Waals surface area contributed by atoms with Gasteiger partial charge in [-0.2, -0.15) is 0 Å². The summed E-state index contributed by atoms with van der Waals surface area (Å²) in [6, 6.07) is 12.4. The van der Waals surface area contributed by atoms with E-state index in [1.165, 1.54) is 44.1 Å². The van der Waals surface area contributed by atoms with Crippen LogP contribution in [-0.4, -0.2) is 6.04 Å². The summed E-state index contributed by atoms with van der Waals surface area (Å²) in [7, 11) is 0. The average Bonchev–Trinajstić information content (AvgIpc) is 3.30. The topological polar surface area (TPSA) is 12.0 Å². The van der Waals surface area contributed by atoms with Gasteiger partial charge >= 0.3 is 0 Å². The fourth-order valence-corrected chi connectivity index (χ4v) is 4.19. The van der Waals surface area contributed by atoms with Crippen LogP contribution in [0.4, 0.5) is 0 Å². The number of nitrogens with one attached hydrogen (secondary N) is 1. The van der Waals surface area contributed by atoms with Gasteiger partial charge < -0.3 is 5.32 Å². The summed E-state index contributed by atoms with van der Waals surface area (Å²) in [5.41, 5.74) is 1.92. The van der Waals surface area contributed by atoms with Gasteiger partial charge in [-0.05, 0) is 48.5 Å². The maximum atomic E-state index is 4.09. The standard InChI is InChI=1S/C20H31N/c1-20(2,3)17-11-7-8-12-18(17)21-19(16-13-14-16)15-9-5-4-6-10-15/h4-6,9-10,16-19,21H,7-8,11-14H2,1-3H3. The fraction of sp³-hybridized carbons (Fsp3) is 0.700. The van der Waals surface area contributed by atoms with Crippen LogP contribution in [0.2, 0.25) is 0 Å². The molecule has 1 N–H and O–H groups in total. The van der Waals surface area contributed by atoms with E-state index in [-0.39, 0.29) is 0 Å². The third-order valence-corrected chi connectivity index (χ3v) is 5.52. The van der Waals surface area contributed by atoms with Crippen LogP contribution in [0.5, 0.6) is 0 Å². The highest BCUT2D eigenvalue weighted by atomic mass is 15.0. The molecule has 0 saturated heterocycles. The molecule has 0 amide bonds. The van der Waals surface area contributed by atoms with Gasteiger partial charge in [0, 0.05) is 12.1 Å². The molecular weight excluding hydrogens is 254 g/mol. The summed E-state index contributed by atoms with van der Waals surface area (Å²) in [6.45, 7) is 7.27. The first kappa shape index (κ1) is 15.1. The normalized spacial score (nSPS) is 28.3. The lowest BCUT2D eigenvalue weighted by atomic mass is 9.69. The summed E-state index contributed by atoms with van der Waals surface area (Å²) in [6.07, 6.45) is 8.38. The van der Waals surface area contributed by atoms with Gasteiger partial charge in [-0.3, -0.25) is 0 Å². The van der Waals surface area contributed by atoms with Crippen molar-refractivity contribution >= 4 is 0 Å². The summed E-state index contributed by atoms with van der Waals surface area (Å²) in [5, 5.41) is 4.09. The van der Waals surface area contributed by atoms with Crippen LogP contribution in [0.25, 0.3) is 0 Å². The second kappa shape index (κ2) is 6.12. The highest BCUT2D eigenvalue weighted by Crippen LogP contribution is 2.44. The van der Waals surface area contributed by atoms with Crippen molar-refractivity contribution in [3.8, 4) is 0 Å². The molecule has 0 spiro atoms.